The number of fused-ring (bicyclic) bond motifs is 2. The summed E-state index contributed by atoms with van der Waals surface area (Å²) in [6.07, 6.45) is 10.8. The van der Waals surface area contributed by atoms with Gasteiger partial charge < -0.3 is 5.11 Å². The highest BCUT2D eigenvalue weighted by atomic mass is 16.3. The van der Waals surface area contributed by atoms with Gasteiger partial charge in [0.05, 0.1) is 12.8 Å². The maximum absolute atomic E-state index is 9.35. The van der Waals surface area contributed by atoms with E-state index in [1.54, 1.807) is 0 Å². The van der Waals surface area contributed by atoms with Crippen molar-refractivity contribution in [3.8, 4) is 0 Å². The number of aliphatic hydroxyl groups is 1. The van der Waals surface area contributed by atoms with Gasteiger partial charge in [-0.1, -0.05) is 6.42 Å². The predicted molar refractivity (Wildman–Crippen MR) is 79.5 cm³/mol. The van der Waals surface area contributed by atoms with E-state index in [2.05, 4.69) is 23.1 Å². The maximum atomic E-state index is 9.35. The van der Waals surface area contributed by atoms with E-state index in [1.165, 1.54) is 31.2 Å². The molecule has 0 saturated heterocycles. The Morgan fingerprint density at radius 1 is 1.35 bits per heavy atom. The van der Waals surface area contributed by atoms with Gasteiger partial charge >= 0.3 is 0 Å². The van der Waals surface area contributed by atoms with Crippen LogP contribution >= 0.6 is 0 Å². The van der Waals surface area contributed by atoms with E-state index in [9.17, 15) is 5.11 Å². The van der Waals surface area contributed by atoms with E-state index in [0.717, 1.165) is 43.9 Å². The van der Waals surface area contributed by atoms with Crippen molar-refractivity contribution < 1.29 is 5.11 Å². The van der Waals surface area contributed by atoms with Crippen molar-refractivity contribution in [2.45, 2.75) is 51.6 Å². The molecule has 4 nitrogen and oxygen atoms in total. The number of aromatic nitrogens is 2. The minimum Gasteiger partial charge on any atom is -0.395 e. The van der Waals surface area contributed by atoms with Gasteiger partial charge in [-0.2, -0.15) is 5.10 Å². The Bertz CT molecular complexity index is 431. The fourth-order valence-electron chi connectivity index (χ4n) is 4.21. The van der Waals surface area contributed by atoms with Crippen molar-refractivity contribution in [2.24, 2.45) is 11.8 Å². The number of aryl methyl sites for hydroxylation is 1. The highest BCUT2D eigenvalue weighted by Gasteiger charge is 2.41. The van der Waals surface area contributed by atoms with Crippen molar-refractivity contribution in [2.75, 3.05) is 19.7 Å². The number of hydrogen-bond donors (Lipinski definition) is 1. The molecule has 2 bridgehead atoms. The lowest BCUT2D eigenvalue weighted by molar-refractivity contribution is 0.115. The van der Waals surface area contributed by atoms with Crippen molar-refractivity contribution in [3.05, 3.63) is 18.0 Å². The third kappa shape index (κ3) is 2.91. The summed E-state index contributed by atoms with van der Waals surface area (Å²) in [6, 6.07) is 0.724. The van der Waals surface area contributed by atoms with Crippen molar-refractivity contribution in [1.29, 1.82) is 0 Å². The molecule has 1 N–H and O–H groups in total. The van der Waals surface area contributed by atoms with E-state index < -0.39 is 0 Å². The van der Waals surface area contributed by atoms with Crippen molar-refractivity contribution in [3.63, 3.8) is 0 Å². The Morgan fingerprint density at radius 3 is 2.85 bits per heavy atom. The lowest BCUT2D eigenvalue weighted by atomic mass is 9.93. The summed E-state index contributed by atoms with van der Waals surface area (Å²) in [4.78, 5) is 2.53. The van der Waals surface area contributed by atoms with Crippen LogP contribution in [-0.4, -0.2) is 45.5 Å². The lowest BCUT2D eigenvalue weighted by Crippen LogP contribution is -2.41. The largest absolute Gasteiger partial charge is 0.395 e. The van der Waals surface area contributed by atoms with E-state index in [0.29, 0.717) is 0 Å². The number of hydrogen-bond acceptors (Lipinski definition) is 3. The van der Waals surface area contributed by atoms with E-state index in [4.69, 9.17) is 0 Å². The van der Waals surface area contributed by atoms with Crippen LogP contribution in [-0.2, 0) is 13.0 Å². The Labute approximate surface area is 121 Å². The van der Waals surface area contributed by atoms with Crippen LogP contribution in [0.15, 0.2) is 12.4 Å². The molecule has 2 aliphatic rings. The molecule has 3 atom stereocenters. The predicted octanol–water partition coefficient (Wildman–Crippen LogP) is 1.93. The van der Waals surface area contributed by atoms with Crippen LogP contribution < -0.4 is 0 Å². The molecule has 1 aromatic heterocycles. The normalized spacial score (nSPS) is 28.6. The highest BCUT2D eigenvalue weighted by Crippen LogP contribution is 2.46. The van der Waals surface area contributed by atoms with Gasteiger partial charge in [0.25, 0.3) is 0 Å². The van der Waals surface area contributed by atoms with E-state index >= 15 is 0 Å². The third-order valence-corrected chi connectivity index (χ3v) is 5.26. The molecular weight excluding hydrogens is 250 g/mol. The molecule has 20 heavy (non-hydrogen) atoms. The third-order valence-electron chi connectivity index (χ3n) is 5.26. The van der Waals surface area contributed by atoms with Gasteiger partial charge in [-0.25, -0.2) is 0 Å². The topological polar surface area (TPSA) is 41.3 Å². The second kappa shape index (κ2) is 6.27. The molecule has 2 aliphatic carbocycles. The Kier molecular flexibility index (Phi) is 4.41. The first-order chi connectivity index (χ1) is 9.80. The van der Waals surface area contributed by atoms with Gasteiger partial charge in [0.2, 0.25) is 0 Å². The quantitative estimate of drug-likeness (QED) is 0.828. The molecule has 0 spiro atoms. The van der Waals surface area contributed by atoms with Crippen LogP contribution in [0.25, 0.3) is 0 Å². The fourth-order valence-corrected chi connectivity index (χ4v) is 4.21. The zero-order chi connectivity index (χ0) is 13.9. The number of rotatable bonds is 7. The minimum absolute atomic E-state index is 0.280. The highest BCUT2D eigenvalue weighted by molar-refractivity contribution is 5.05. The summed E-state index contributed by atoms with van der Waals surface area (Å²) < 4.78 is 1.99. The van der Waals surface area contributed by atoms with Crippen LogP contribution in [0.3, 0.4) is 0 Å². The van der Waals surface area contributed by atoms with Crippen LogP contribution in [0.1, 0.15) is 38.2 Å². The molecule has 0 radical (unpaired) electrons. The summed E-state index contributed by atoms with van der Waals surface area (Å²) in [6.45, 7) is 5.22. The zero-order valence-corrected chi connectivity index (χ0v) is 12.5. The molecule has 2 fully saturated rings. The first-order valence-corrected chi connectivity index (χ1v) is 8.16. The fraction of sp³-hybridized carbons (Fsp3) is 0.812. The first kappa shape index (κ1) is 14.1. The zero-order valence-electron chi connectivity index (χ0n) is 12.5. The average Bonchev–Trinajstić information content (AvgIpc) is 3.18. The molecule has 1 aromatic rings. The van der Waals surface area contributed by atoms with Crippen LogP contribution in [0.4, 0.5) is 0 Å². The van der Waals surface area contributed by atoms with Crippen molar-refractivity contribution in [1.82, 2.24) is 14.7 Å². The number of nitrogens with zero attached hydrogens (tertiary/aromatic N) is 3. The van der Waals surface area contributed by atoms with Gasteiger partial charge in [0.15, 0.2) is 0 Å². The van der Waals surface area contributed by atoms with Gasteiger partial charge in [-0.05, 0) is 50.0 Å². The summed E-state index contributed by atoms with van der Waals surface area (Å²) >= 11 is 0. The molecule has 0 aromatic carbocycles. The molecule has 0 aliphatic heterocycles. The second-order valence-corrected chi connectivity index (χ2v) is 6.46. The molecule has 4 heteroatoms. The number of aliphatic hydroxyl groups excluding tert-OH is 1. The van der Waals surface area contributed by atoms with Gasteiger partial charge in [-0.3, -0.25) is 9.58 Å². The van der Waals surface area contributed by atoms with Crippen LogP contribution in [0, 0.1) is 11.8 Å². The van der Waals surface area contributed by atoms with Gasteiger partial charge in [0.1, 0.15) is 0 Å². The van der Waals surface area contributed by atoms with Crippen LogP contribution in [0.5, 0.6) is 0 Å². The molecule has 3 rings (SSSR count). The molecule has 0 amide bonds. The average molecular weight is 277 g/mol. The van der Waals surface area contributed by atoms with Gasteiger partial charge in [-0.15, -0.1) is 0 Å². The standard InChI is InChI=1S/C16H27N3O/c1-2-19-12-14(11-17-19)5-6-18(7-8-20)16-10-13-3-4-15(16)9-13/h11-13,15-16,20H,2-10H2,1H3. The molecule has 112 valence electrons. The minimum atomic E-state index is 0.280. The van der Waals surface area contributed by atoms with Crippen LogP contribution in [0.2, 0.25) is 0 Å². The molecular formula is C16H27N3O. The molecule has 2 saturated carbocycles. The maximum Gasteiger partial charge on any atom is 0.0558 e. The Hall–Kier alpha value is -0.870. The molecule has 1 heterocycles. The first-order valence-electron chi connectivity index (χ1n) is 8.16. The summed E-state index contributed by atoms with van der Waals surface area (Å²) in [5.74, 6) is 1.86. The SMILES string of the molecule is CCn1cc(CCN(CCO)C2CC3CCC2C3)cn1. The summed E-state index contributed by atoms with van der Waals surface area (Å²) in [7, 11) is 0. The second-order valence-electron chi connectivity index (χ2n) is 6.46. The van der Waals surface area contributed by atoms with E-state index in [-0.39, 0.29) is 6.61 Å². The Morgan fingerprint density at radius 2 is 2.25 bits per heavy atom. The smallest absolute Gasteiger partial charge is 0.0558 e. The summed E-state index contributed by atoms with van der Waals surface area (Å²) in [5.41, 5.74) is 1.32. The van der Waals surface area contributed by atoms with E-state index in [1.807, 2.05) is 10.9 Å². The monoisotopic (exact) mass is 277 g/mol. The summed E-state index contributed by atoms with van der Waals surface area (Å²) in [5, 5.41) is 13.7. The van der Waals surface area contributed by atoms with Crippen molar-refractivity contribution >= 4 is 0 Å². The van der Waals surface area contributed by atoms with Gasteiger partial charge in [0, 0.05) is 31.9 Å². The lowest BCUT2D eigenvalue weighted by Gasteiger charge is -2.34. The Balaban J connectivity index is 1.57. The molecule has 3 unspecified atom stereocenters.